The molecule has 0 amide bonds. The lowest BCUT2D eigenvalue weighted by molar-refractivity contribution is 0.416. The van der Waals surface area contributed by atoms with E-state index in [9.17, 15) is 0 Å². The predicted molar refractivity (Wildman–Crippen MR) is 111 cm³/mol. The number of hydrogen-bond donors (Lipinski definition) is 1. The summed E-state index contributed by atoms with van der Waals surface area (Å²) in [5.41, 5.74) is 8.53. The van der Waals surface area contributed by atoms with E-state index in [0.29, 0.717) is 11.8 Å². The lowest BCUT2D eigenvalue weighted by Crippen LogP contribution is -2.10. The molecule has 0 aliphatic heterocycles. The number of hydrogen-bond acceptors (Lipinski definition) is 1. The number of nitrogens with one attached hydrogen (secondary N) is 1. The summed E-state index contributed by atoms with van der Waals surface area (Å²) >= 11 is 0. The monoisotopic (exact) mass is 331 g/mol. The highest BCUT2D eigenvalue weighted by molar-refractivity contribution is 5.79. The normalized spacial score (nSPS) is 17.2. The van der Waals surface area contributed by atoms with Crippen molar-refractivity contribution in [1.29, 1.82) is 0 Å². The number of anilines is 1. The number of aryl methyl sites for hydroxylation is 1. The second-order valence-electron chi connectivity index (χ2n) is 7.44. The van der Waals surface area contributed by atoms with Crippen molar-refractivity contribution in [3.8, 4) is 0 Å². The average Bonchev–Trinajstić information content (AvgIpc) is 2.92. The van der Waals surface area contributed by atoms with Crippen LogP contribution in [0.25, 0.3) is 11.3 Å². The van der Waals surface area contributed by atoms with E-state index >= 15 is 0 Å². The molecule has 130 valence electrons. The maximum Gasteiger partial charge on any atom is 0.0387 e. The molecule has 25 heavy (non-hydrogen) atoms. The first-order valence-electron chi connectivity index (χ1n) is 9.34. The van der Waals surface area contributed by atoms with Crippen LogP contribution in [0.3, 0.4) is 0 Å². The second kappa shape index (κ2) is 7.31. The Bertz CT molecular complexity index is 782. The SMILES string of the molecule is C=C(Nc1ccc2c(c1)CC(C(C)CCC)C2=C)c1ccc(C)cc1. The van der Waals surface area contributed by atoms with Gasteiger partial charge in [0, 0.05) is 11.4 Å². The first-order chi connectivity index (χ1) is 12.0. The van der Waals surface area contributed by atoms with E-state index < -0.39 is 0 Å². The molecule has 2 atom stereocenters. The van der Waals surface area contributed by atoms with Gasteiger partial charge in [0.05, 0.1) is 0 Å². The van der Waals surface area contributed by atoms with Gasteiger partial charge in [-0.1, -0.05) is 75.7 Å². The zero-order valence-electron chi connectivity index (χ0n) is 15.7. The van der Waals surface area contributed by atoms with Gasteiger partial charge >= 0.3 is 0 Å². The topological polar surface area (TPSA) is 12.0 Å². The first kappa shape index (κ1) is 17.5. The summed E-state index contributed by atoms with van der Waals surface area (Å²) in [5.74, 6) is 1.29. The molecule has 0 radical (unpaired) electrons. The Morgan fingerprint density at radius 1 is 1.20 bits per heavy atom. The predicted octanol–water partition coefficient (Wildman–Crippen LogP) is 6.70. The molecular formula is C24H29N. The molecule has 0 aromatic heterocycles. The Balaban J connectivity index is 1.75. The third-order valence-corrected chi connectivity index (χ3v) is 5.46. The highest BCUT2D eigenvalue weighted by atomic mass is 14.9. The number of allylic oxidation sites excluding steroid dienone is 1. The lowest BCUT2D eigenvalue weighted by atomic mass is 9.85. The van der Waals surface area contributed by atoms with Crippen LogP contribution in [-0.4, -0.2) is 0 Å². The van der Waals surface area contributed by atoms with Gasteiger partial charge in [-0.05, 0) is 59.6 Å². The van der Waals surface area contributed by atoms with Gasteiger partial charge in [-0.2, -0.15) is 0 Å². The molecule has 1 aliphatic rings. The molecule has 0 saturated heterocycles. The molecule has 2 aromatic rings. The summed E-state index contributed by atoms with van der Waals surface area (Å²) < 4.78 is 0. The Labute approximate surface area is 152 Å². The minimum Gasteiger partial charge on any atom is -0.356 e. The molecule has 0 saturated carbocycles. The van der Waals surface area contributed by atoms with Crippen LogP contribution >= 0.6 is 0 Å². The largest absolute Gasteiger partial charge is 0.356 e. The third kappa shape index (κ3) is 3.71. The summed E-state index contributed by atoms with van der Waals surface area (Å²) in [7, 11) is 0. The molecule has 0 spiro atoms. The Morgan fingerprint density at radius 2 is 1.92 bits per heavy atom. The van der Waals surface area contributed by atoms with E-state index in [1.165, 1.54) is 35.1 Å². The summed E-state index contributed by atoms with van der Waals surface area (Å²) in [5, 5.41) is 3.47. The van der Waals surface area contributed by atoms with Gasteiger partial charge in [0.25, 0.3) is 0 Å². The number of rotatable bonds is 6. The maximum absolute atomic E-state index is 4.39. The molecule has 3 rings (SSSR count). The van der Waals surface area contributed by atoms with Gasteiger partial charge in [0.2, 0.25) is 0 Å². The molecule has 0 fully saturated rings. The van der Waals surface area contributed by atoms with Crippen molar-refractivity contribution in [3.63, 3.8) is 0 Å². The molecule has 1 aliphatic carbocycles. The van der Waals surface area contributed by atoms with Crippen LogP contribution in [0, 0.1) is 18.8 Å². The van der Waals surface area contributed by atoms with Crippen LogP contribution in [-0.2, 0) is 6.42 Å². The Morgan fingerprint density at radius 3 is 2.60 bits per heavy atom. The summed E-state index contributed by atoms with van der Waals surface area (Å²) in [6.07, 6.45) is 3.62. The fourth-order valence-corrected chi connectivity index (χ4v) is 3.92. The standard InChI is InChI=1S/C24H29N/c1-6-7-17(3)24-15-21-14-22(12-13-23(21)18(24)4)25-19(5)20-10-8-16(2)9-11-20/h8-14,17,24-25H,4-7,15H2,1-3H3. The first-order valence-corrected chi connectivity index (χ1v) is 9.34. The molecule has 2 unspecified atom stereocenters. The van der Waals surface area contributed by atoms with Gasteiger partial charge in [-0.25, -0.2) is 0 Å². The molecule has 0 heterocycles. The lowest BCUT2D eigenvalue weighted by Gasteiger charge is -2.19. The van der Waals surface area contributed by atoms with Crippen LogP contribution in [0.5, 0.6) is 0 Å². The molecule has 1 nitrogen and oxygen atoms in total. The van der Waals surface area contributed by atoms with Gasteiger partial charge in [0.15, 0.2) is 0 Å². The summed E-state index contributed by atoms with van der Waals surface area (Å²) in [6.45, 7) is 15.3. The Kier molecular flexibility index (Phi) is 5.13. The number of fused-ring (bicyclic) bond motifs is 1. The van der Waals surface area contributed by atoms with Crippen LogP contribution < -0.4 is 5.32 Å². The zero-order valence-corrected chi connectivity index (χ0v) is 15.7. The average molecular weight is 332 g/mol. The fourth-order valence-electron chi connectivity index (χ4n) is 3.92. The zero-order chi connectivity index (χ0) is 18.0. The van der Waals surface area contributed by atoms with Crippen molar-refractivity contribution in [2.45, 2.75) is 40.0 Å². The van der Waals surface area contributed by atoms with E-state index in [1.807, 2.05) is 0 Å². The molecule has 1 N–H and O–H groups in total. The molecule has 1 heteroatoms. The van der Waals surface area contributed by atoms with Crippen molar-refractivity contribution in [1.82, 2.24) is 0 Å². The van der Waals surface area contributed by atoms with Crippen molar-refractivity contribution >= 4 is 17.0 Å². The summed E-state index contributed by atoms with van der Waals surface area (Å²) in [6, 6.07) is 15.1. The fraction of sp³-hybridized carbons (Fsp3) is 0.333. The molecular weight excluding hydrogens is 302 g/mol. The molecule has 2 aromatic carbocycles. The van der Waals surface area contributed by atoms with Crippen LogP contribution in [0.1, 0.15) is 48.9 Å². The van der Waals surface area contributed by atoms with Crippen molar-refractivity contribution in [3.05, 3.63) is 77.9 Å². The smallest absolute Gasteiger partial charge is 0.0387 e. The van der Waals surface area contributed by atoms with Crippen molar-refractivity contribution < 1.29 is 0 Å². The maximum atomic E-state index is 4.39. The minimum atomic E-state index is 0.588. The van der Waals surface area contributed by atoms with Crippen LogP contribution in [0.4, 0.5) is 5.69 Å². The van der Waals surface area contributed by atoms with Gasteiger partial charge in [-0.15, -0.1) is 0 Å². The molecule has 0 bridgehead atoms. The van der Waals surface area contributed by atoms with Gasteiger partial charge in [0.1, 0.15) is 0 Å². The van der Waals surface area contributed by atoms with E-state index in [0.717, 1.165) is 23.4 Å². The summed E-state index contributed by atoms with van der Waals surface area (Å²) in [4.78, 5) is 0. The quantitative estimate of drug-likeness (QED) is 0.621. The van der Waals surface area contributed by atoms with E-state index in [2.05, 4.69) is 81.7 Å². The minimum absolute atomic E-state index is 0.588. The van der Waals surface area contributed by atoms with Crippen LogP contribution in [0.15, 0.2) is 55.6 Å². The van der Waals surface area contributed by atoms with Crippen molar-refractivity contribution in [2.24, 2.45) is 11.8 Å². The highest BCUT2D eigenvalue weighted by Gasteiger charge is 2.29. The second-order valence-corrected chi connectivity index (χ2v) is 7.44. The Hall–Kier alpha value is -2.28. The van der Waals surface area contributed by atoms with E-state index in [1.54, 1.807) is 0 Å². The third-order valence-electron chi connectivity index (χ3n) is 5.46. The van der Waals surface area contributed by atoms with Crippen LogP contribution in [0.2, 0.25) is 0 Å². The number of benzene rings is 2. The van der Waals surface area contributed by atoms with E-state index in [4.69, 9.17) is 0 Å². The highest BCUT2D eigenvalue weighted by Crippen LogP contribution is 2.42. The van der Waals surface area contributed by atoms with Gasteiger partial charge < -0.3 is 5.32 Å². The van der Waals surface area contributed by atoms with E-state index in [-0.39, 0.29) is 0 Å². The van der Waals surface area contributed by atoms with Crippen molar-refractivity contribution in [2.75, 3.05) is 5.32 Å². The van der Waals surface area contributed by atoms with Gasteiger partial charge in [-0.3, -0.25) is 0 Å².